The van der Waals surface area contributed by atoms with Gasteiger partial charge in [0.1, 0.15) is 4.99 Å². The lowest BCUT2D eigenvalue weighted by atomic mass is 10.1. The smallest absolute Gasteiger partial charge is 0.227 e. The highest BCUT2D eigenvalue weighted by Crippen LogP contribution is 2.37. The Kier molecular flexibility index (Phi) is 4.02. The molecular weight excluding hydrogens is 312 g/mol. The molecule has 1 aliphatic rings. The summed E-state index contributed by atoms with van der Waals surface area (Å²) in [5, 5.41) is 2.93. The number of nitrogens with one attached hydrogen (secondary N) is 1. The predicted molar refractivity (Wildman–Crippen MR) is 80.5 cm³/mol. The molecule has 96 valence electrons. The zero-order valence-corrected chi connectivity index (χ0v) is 12.5. The molecule has 3 nitrogen and oxygen atoms in total. The molecule has 1 saturated carbocycles. The molecule has 0 saturated heterocycles. The monoisotopic (exact) mass is 326 g/mol. The van der Waals surface area contributed by atoms with Crippen LogP contribution < -0.4 is 11.1 Å². The first-order chi connectivity index (χ1) is 8.49. The van der Waals surface area contributed by atoms with Gasteiger partial charge < -0.3 is 11.1 Å². The van der Waals surface area contributed by atoms with Gasteiger partial charge in [0, 0.05) is 16.0 Å². The van der Waals surface area contributed by atoms with E-state index in [2.05, 4.69) is 21.2 Å². The first-order valence-corrected chi connectivity index (χ1v) is 7.09. The van der Waals surface area contributed by atoms with Crippen LogP contribution in [0.15, 0.2) is 22.7 Å². The van der Waals surface area contributed by atoms with Crippen LogP contribution in [0.2, 0.25) is 0 Å². The van der Waals surface area contributed by atoms with E-state index in [1.807, 2.05) is 25.1 Å². The molecule has 1 unspecified atom stereocenters. The molecule has 0 bridgehead atoms. The summed E-state index contributed by atoms with van der Waals surface area (Å²) in [7, 11) is 0. The Morgan fingerprint density at radius 1 is 1.56 bits per heavy atom. The zero-order chi connectivity index (χ0) is 13.3. The lowest BCUT2D eigenvalue weighted by Gasteiger charge is -2.13. The van der Waals surface area contributed by atoms with E-state index in [4.69, 9.17) is 18.0 Å². The van der Waals surface area contributed by atoms with Gasteiger partial charge in [0.15, 0.2) is 0 Å². The van der Waals surface area contributed by atoms with Crippen molar-refractivity contribution in [3.8, 4) is 0 Å². The Labute approximate surface area is 120 Å². The number of carbonyl (C=O) groups is 1. The van der Waals surface area contributed by atoms with Crippen LogP contribution in [0.5, 0.6) is 0 Å². The van der Waals surface area contributed by atoms with Crippen molar-refractivity contribution in [1.29, 1.82) is 0 Å². The molecule has 0 radical (unpaired) electrons. The maximum Gasteiger partial charge on any atom is 0.227 e. The number of hydrogen-bond acceptors (Lipinski definition) is 2. The second kappa shape index (κ2) is 5.36. The Morgan fingerprint density at radius 2 is 2.22 bits per heavy atom. The van der Waals surface area contributed by atoms with Gasteiger partial charge in [-0.25, -0.2) is 0 Å². The Hall–Kier alpha value is -0.940. The van der Waals surface area contributed by atoms with E-state index in [0.717, 1.165) is 28.6 Å². The van der Waals surface area contributed by atoms with Crippen LogP contribution in [-0.2, 0) is 4.79 Å². The molecule has 5 heteroatoms. The van der Waals surface area contributed by atoms with Gasteiger partial charge in [0.25, 0.3) is 0 Å². The minimum Gasteiger partial charge on any atom is -0.389 e. The Bertz CT molecular complexity index is 500. The van der Waals surface area contributed by atoms with Gasteiger partial charge in [0.2, 0.25) is 5.91 Å². The van der Waals surface area contributed by atoms with E-state index in [1.54, 1.807) is 0 Å². The van der Waals surface area contributed by atoms with Crippen molar-refractivity contribution < 1.29 is 4.79 Å². The number of carbonyl (C=O) groups excluding carboxylic acids is 1. The van der Waals surface area contributed by atoms with Gasteiger partial charge >= 0.3 is 0 Å². The van der Waals surface area contributed by atoms with Gasteiger partial charge in [-0.2, -0.15) is 0 Å². The van der Waals surface area contributed by atoms with Crippen LogP contribution in [-0.4, -0.2) is 10.9 Å². The van der Waals surface area contributed by atoms with E-state index in [0.29, 0.717) is 10.9 Å². The fourth-order valence-corrected chi connectivity index (χ4v) is 2.43. The predicted octanol–water partition coefficient (Wildman–Crippen LogP) is 3.07. The molecule has 1 atom stereocenters. The summed E-state index contributed by atoms with van der Waals surface area (Å²) in [4.78, 5) is 12.3. The summed E-state index contributed by atoms with van der Waals surface area (Å²) in [5.41, 5.74) is 7.09. The van der Waals surface area contributed by atoms with Crippen molar-refractivity contribution in [1.82, 2.24) is 0 Å². The minimum atomic E-state index is 0.0706. The lowest BCUT2D eigenvalue weighted by Crippen LogP contribution is -2.22. The van der Waals surface area contributed by atoms with Gasteiger partial charge in [-0.05, 0) is 52.9 Å². The summed E-state index contributed by atoms with van der Waals surface area (Å²) >= 11 is 8.32. The van der Waals surface area contributed by atoms with Gasteiger partial charge in [-0.3, -0.25) is 4.79 Å². The number of nitrogens with two attached hydrogens (primary N) is 1. The molecule has 1 amide bonds. The number of thiocarbonyl (C=S) groups is 1. The van der Waals surface area contributed by atoms with Crippen molar-refractivity contribution in [2.24, 2.45) is 17.6 Å². The highest BCUT2D eigenvalue weighted by molar-refractivity contribution is 9.10. The minimum absolute atomic E-state index is 0.0706. The van der Waals surface area contributed by atoms with Crippen molar-refractivity contribution in [3.05, 3.63) is 28.2 Å². The molecular formula is C13H15BrN2OS. The van der Waals surface area contributed by atoms with E-state index in [1.165, 1.54) is 0 Å². The third-order valence-corrected chi connectivity index (χ3v) is 4.15. The maximum atomic E-state index is 12.0. The molecule has 3 N–H and O–H groups in total. The molecule has 0 heterocycles. The molecule has 0 aliphatic heterocycles. The number of hydrogen-bond donors (Lipinski definition) is 2. The second-order valence-electron chi connectivity index (χ2n) is 4.67. The van der Waals surface area contributed by atoms with Crippen molar-refractivity contribution in [3.63, 3.8) is 0 Å². The fourth-order valence-electron chi connectivity index (χ4n) is 1.83. The molecule has 2 rings (SSSR count). The summed E-state index contributed by atoms with van der Waals surface area (Å²) < 4.78 is 0.796. The summed E-state index contributed by atoms with van der Waals surface area (Å²) in [5.74, 6) is 0.702. The van der Waals surface area contributed by atoms with Crippen LogP contribution in [0.3, 0.4) is 0 Å². The molecule has 1 fully saturated rings. The number of anilines is 1. The van der Waals surface area contributed by atoms with Crippen molar-refractivity contribution in [2.75, 3.05) is 5.32 Å². The van der Waals surface area contributed by atoms with Gasteiger partial charge in [-0.15, -0.1) is 0 Å². The molecule has 1 aromatic carbocycles. The summed E-state index contributed by atoms with van der Waals surface area (Å²) in [6, 6.07) is 5.44. The average molecular weight is 327 g/mol. The van der Waals surface area contributed by atoms with Gasteiger partial charge in [-0.1, -0.05) is 19.1 Å². The van der Waals surface area contributed by atoms with E-state index in [9.17, 15) is 4.79 Å². The van der Waals surface area contributed by atoms with Crippen LogP contribution in [0, 0.1) is 11.8 Å². The number of amides is 1. The first kappa shape index (κ1) is 13.5. The third-order valence-electron chi connectivity index (χ3n) is 3.25. The number of halogens is 1. The SMILES string of the molecule is CC(C(=O)Nc1ccc(C(N)=S)cc1Br)C1CC1. The average Bonchev–Trinajstić information content (AvgIpc) is 3.14. The lowest BCUT2D eigenvalue weighted by molar-refractivity contribution is -0.119. The molecule has 0 aromatic heterocycles. The quantitative estimate of drug-likeness (QED) is 0.836. The third kappa shape index (κ3) is 3.09. The largest absolute Gasteiger partial charge is 0.389 e. The Morgan fingerprint density at radius 3 is 2.72 bits per heavy atom. The first-order valence-electron chi connectivity index (χ1n) is 5.89. The standard InChI is InChI=1S/C13H15BrN2OS/c1-7(8-2-3-8)13(17)16-11-5-4-9(12(15)18)6-10(11)14/h4-8H,2-3H2,1H3,(H2,15,18)(H,16,17). The van der Waals surface area contributed by atoms with Gasteiger partial charge in [0.05, 0.1) is 5.69 Å². The second-order valence-corrected chi connectivity index (χ2v) is 5.97. The molecule has 1 aliphatic carbocycles. The van der Waals surface area contributed by atoms with Crippen molar-refractivity contribution in [2.45, 2.75) is 19.8 Å². The van der Waals surface area contributed by atoms with Crippen LogP contribution >= 0.6 is 28.1 Å². The topological polar surface area (TPSA) is 55.1 Å². The zero-order valence-electron chi connectivity index (χ0n) is 10.1. The Balaban J connectivity index is 2.09. The normalized spacial score (nSPS) is 16.1. The van der Waals surface area contributed by atoms with E-state index >= 15 is 0 Å². The summed E-state index contributed by atoms with van der Waals surface area (Å²) in [6.45, 7) is 1.98. The fraction of sp³-hybridized carbons (Fsp3) is 0.385. The highest BCUT2D eigenvalue weighted by Gasteiger charge is 2.32. The maximum absolute atomic E-state index is 12.0. The molecule has 0 spiro atoms. The van der Waals surface area contributed by atoms with Crippen LogP contribution in [0.1, 0.15) is 25.3 Å². The molecule has 1 aromatic rings. The van der Waals surface area contributed by atoms with E-state index in [-0.39, 0.29) is 11.8 Å². The van der Waals surface area contributed by atoms with Crippen molar-refractivity contribution >= 4 is 44.7 Å². The number of rotatable bonds is 4. The summed E-state index contributed by atoms with van der Waals surface area (Å²) in [6.07, 6.45) is 2.33. The highest BCUT2D eigenvalue weighted by atomic mass is 79.9. The van der Waals surface area contributed by atoms with Crippen LogP contribution in [0.4, 0.5) is 5.69 Å². The molecule has 18 heavy (non-hydrogen) atoms. The number of benzene rings is 1. The van der Waals surface area contributed by atoms with E-state index < -0.39 is 0 Å². The van der Waals surface area contributed by atoms with Crippen LogP contribution in [0.25, 0.3) is 0 Å².